The lowest BCUT2D eigenvalue weighted by Gasteiger charge is -2.22. The average Bonchev–Trinajstić information content (AvgIpc) is 2.29. The Balaban J connectivity index is 3.47. The molecule has 0 bridgehead atoms. The number of benzene rings is 1. The first-order chi connectivity index (χ1) is 8.52. The molecule has 0 unspecified atom stereocenters. The summed E-state index contributed by atoms with van der Waals surface area (Å²) in [6.07, 6.45) is 1.06. The van der Waals surface area contributed by atoms with Crippen LogP contribution in [0.5, 0.6) is 5.75 Å². The number of hydrogen-bond donors (Lipinski definition) is 0. The minimum absolute atomic E-state index is 0.260. The molecule has 1 rings (SSSR count). The van der Waals surface area contributed by atoms with Gasteiger partial charge in [-0.2, -0.15) is 0 Å². The predicted octanol–water partition coefficient (Wildman–Crippen LogP) is 2.77. The van der Waals surface area contributed by atoms with Crippen LogP contribution in [0.25, 0.3) is 0 Å². The quantitative estimate of drug-likeness (QED) is 0.785. The van der Waals surface area contributed by atoms with Crippen LogP contribution in [0.2, 0.25) is 0 Å². The molecule has 106 valence electrons. The van der Waals surface area contributed by atoms with Gasteiger partial charge in [0.25, 0.3) is 0 Å². The summed E-state index contributed by atoms with van der Waals surface area (Å²) in [5.41, 5.74) is 1.17. The summed E-state index contributed by atoms with van der Waals surface area (Å²) in [6.45, 7) is 4.66. The van der Waals surface area contributed by atoms with E-state index in [1.54, 1.807) is 12.1 Å². The molecule has 0 spiro atoms. The van der Waals surface area contributed by atoms with Gasteiger partial charge in [-0.25, -0.2) is 8.42 Å². The topological polar surface area (TPSA) is 60.4 Å². The van der Waals surface area contributed by atoms with E-state index in [1.807, 2.05) is 6.92 Å². The second-order valence-electron chi connectivity index (χ2n) is 4.91. The number of rotatable bonds is 4. The lowest BCUT2D eigenvalue weighted by Crippen LogP contribution is -2.40. The highest BCUT2D eigenvalue weighted by molar-refractivity contribution is 9.10. The van der Waals surface area contributed by atoms with E-state index in [1.165, 1.54) is 21.0 Å². The molecular formula is C13H17BrO4S. The fraction of sp³-hybridized carbons (Fsp3) is 0.462. The van der Waals surface area contributed by atoms with Crippen molar-refractivity contribution in [1.82, 2.24) is 0 Å². The van der Waals surface area contributed by atoms with Crippen molar-refractivity contribution in [2.24, 2.45) is 0 Å². The molecule has 6 heteroatoms. The van der Waals surface area contributed by atoms with Crippen LogP contribution < -0.4 is 4.74 Å². The van der Waals surface area contributed by atoms with Gasteiger partial charge in [-0.15, -0.1) is 0 Å². The normalized spacial score (nSPS) is 12.3. The predicted molar refractivity (Wildman–Crippen MR) is 78.7 cm³/mol. The molecule has 0 fully saturated rings. The average molecular weight is 349 g/mol. The summed E-state index contributed by atoms with van der Waals surface area (Å²) in [4.78, 5) is 12.5. The van der Waals surface area contributed by atoms with Gasteiger partial charge in [0.05, 0.1) is 12.7 Å². The fourth-order valence-electron chi connectivity index (χ4n) is 1.49. The number of Topliss-reactive ketones (excluding diaryl/α,β-unsaturated/α-hetero) is 1. The van der Waals surface area contributed by atoms with Gasteiger partial charge < -0.3 is 4.74 Å². The molecule has 0 saturated carbocycles. The molecule has 0 atom stereocenters. The van der Waals surface area contributed by atoms with Crippen molar-refractivity contribution in [2.75, 3.05) is 13.4 Å². The van der Waals surface area contributed by atoms with Crippen LogP contribution in [0.4, 0.5) is 0 Å². The Kier molecular flexibility index (Phi) is 4.47. The number of carbonyl (C=O) groups is 1. The second-order valence-corrected chi connectivity index (χ2v) is 8.33. The monoisotopic (exact) mass is 348 g/mol. The highest BCUT2D eigenvalue weighted by atomic mass is 79.9. The molecule has 0 N–H and O–H groups in total. The van der Waals surface area contributed by atoms with E-state index in [9.17, 15) is 13.2 Å². The number of sulfone groups is 1. The van der Waals surface area contributed by atoms with Gasteiger partial charge in [0, 0.05) is 10.7 Å². The van der Waals surface area contributed by atoms with Crippen molar-refractivity contribution in [1.29, 1.82) is 0 Å². The Bertz CT molecular complexity index is 618. The molecule has 0 aliphatic rings. The van der Waals surface area contributed by atoms with Crippen LogP contribution in [0, 0.1) is 6.92 Å². The summed E-state index contributed by atoms with van der Waals surface area (Å²) < 4.78 is 27.9. The Morgan fingerprint density at radius 2 is 1.84 bits per heavy atom. The van der Waals surface area contributed by atoms with Crippen LogP contribution in [0.1, 0.15) is 29.8 Å². The first-order valence-corrected chi connectivity index (χ1v) is 8.29. The van der Waals surface area contributed by atoms with Gasteiger partial charge in [-0.3, -0.25) is 4.79 Å². The van der Waals surface area contributed by atoms with Crippen molar-refractivity contribution >= 4 is 31.6 Å². The Labute approximate surface area is 122 Å². The van der Waals surface area contributed by atoms with Gasteiger partial charge >= 0.3 is 0 Å². The lowest BCUT2D eigenvalue weighted by molar-refractivity contribution is 0.0951. The fourth-order valence-corrected chi connectivity index (χ4v) is 2.28. The summed E-state index contributed by atoms with van der Waals surface area (Å²) in [6, 6.07) is 3.30. The van der Waals surface area contributed by atoms with Crippen LogP contribution in [-0.2, 0) is 9.84 Å². The standard InChI is InChI=1S/C13H17BrO4S/c1-8-6-11(18-4)9(7-10(8)14)12(15)13(2,3)19(5,16)17/h6-7H,1-5H3. The van der Waals surface area contributed by atoms with Crippen molar-refractivity contribution < 1.29 is 17.9 Å². The maximum Gasteiger partial charge on any atom is 0.187 e. The maximum absolute atomic E-state index is 12.5. The number of halogens is 1. The van der Waals surface area contributed by atoms with E-state index in [0.29, 0.717) is 5.75 Å². The first-order valence-electron chi connectivity index (χ1n) is 5.61. The summed E-state index contributed by atoms with van der Waals surface area (Å²) in [5.74, 6) is -0.102. The largest absolute Gasteiger partial charge is 0.496 e. The molecule has 1 aromatic carbocycles. The third kappa shape index (κ3) is 3.00. The van der Waals surface area contributed by atoms with Gasteiger partial charge in [0.15, 0.2) is 15.6 Å². The number of ketones is 1. The number of ether oxygens (including phenoxy) is 1. The first kappa shape index (κ1) is 16.2. The molecule has 19 heavy (non-hydrogen) atoms. The highest BCUT2D eigenvalue weighted by Crippen LogP contribution is 2.31. The molecule has 0 heterocycles. The van der Waals surface area contributed by atoms with E-state index < -0.39 is 20.4 Å². The number of carbonyl (C=O) groups excluding carboxylic acids is 1. The molecule has 1 aromatic rings. The molecule has 4 nitrogen and oxygen atoms in total. The lowest BCUT2D eigenvalue weighted by atomic mass is 9.98. The van der Waals surface area contributed by atoms with Gasteiger partial charge in [0.1, 0.15) is 10.5 Å². The van der Waals surface area contributed by atoms with Crippen molar-refractivity contribution in [2.45, 2.75) is 25.5 Å². The highest BCUT2D eigenvalue weighted by Gasteiger charge is 2.40. The second kappa shape index (κ2) is 5.25. The smallest absolute Gasteiger partial charge is 0.187 e. The summed E-state index contributed by atoms with van der Waals surface area (Å²) in [5, 5.41) is 0. The van der Waals surface area contributed by atoms with E-state index in [0.717, 1.165) is 16.3 Å². The molecule has 0 saturated heterocycles. The van der Waals surface area contributed by atoms with Crippen molar-refractivity contribution in [3.8, 4) is 5.75 Å². The zero-order valence-corrected chi connectivity index (χ0v) is 14.0. The minimum Gasteiger partial charge on any atom is -0.496 e. The maximum atomic E-state index is 12.5. The van der Waals surface area contributed by atoms with Crippen molar-refractivity contribution in [3.05, 3.63) is 27.7 Å². The van der Waals surface area contributed by atoms with Crippen LogP contribution >= 0.6 is 15.9 Å². The van der Waals surface area contributed by atoms with E-state index in [2.05, 4.69) is 15.9 Å². The summed E-state index contributed by atoms with van der Waals surface area (Å²) >= 11 is 3.34. The minimum atomic E-state index is -3.52. The number of methoxy groups -OCH3 is 1. The Morgan fingerprint density at radius 1 is 1.32 bits per heavy atom. The van der Waals surface area contributed by atoms with Crippen LogP contribution in [0.15, 0.2) is 16.6 Å². The molecule has 0 aromatic heterocycles. The van der Waals surface area contributed by atoms with E-state index in [-0.39, 0.29) is 5.56 Å². The third-order valence-corrected chi connectivity index (χ3v) is 6.09. The van der Waals surface area contributed by atoms with Crippen LogP contribution in [-0.4, -0.2) is 32.3 Å². The van der Waals surface area contributed by atoms with Gasteiger partial charge in [-0.05, 0) is 38.5 Å². The number of hydrogen-bond acceptors (Lipinski definition) is 4. The number of aryl methyl sites for hydroxylation is 1. The molecule has 0 aliphatic heterocycles. The Morgan fingerprint density at radius 3 is 2.26 bits per heavy atom. The molecule has 0 radical (unpaired) electrons. The molecular weight excluding hydrogens is 332 g/mol. The molecule has 0 aliphatic carbocycles. The SMILES string of the molecule is COc1cc(C)c(Br)cc1C(=O)C(C)(C)S(C)(=O)=O. The zero-order chi connectivity index (χ0) is 15.0. The van der Waals surface area contributed by atoms with E-state index >= 15 is 0 Å². The van der Waals surface area contributed by atoms with Crippen LogP contribution in [0.3, 0.4) is 0 Å². The van der Waals surface area contributed by atoms with Gasteiger partial charge in [0.2, 0.25) is 0 Å². The van der Waals surface area contributed by atoms with Crippen molar-refractivity contribution in [3.63, 3.8) is 0 Å². The van der Waals surface area contributed by atoms with E-state index in [4.69, 9.17) is 4.74 Å². The third-order valence-electron chi connectivity index (χ3n) is 3.20. The summed E-state index contributed by atoms with van der Waals surface area (Å²) in [7, 11) is -2.07. The zero-order valence-electron chi connectivity index (χ0n) is 11.6. The Hall–Kier alpha value is -0.880. The molecule has 0 amide bonds. The van der Waals surface area contributed by atoms with Gasteiger partial charge in [-0.1, -0.05) is 15.9 Å².